The minimum absolute atomic E-state index is 0.102. The highest BCUT2D eigenvalue weighted by atomic mass is 79.9. The Balaban J connectivity index is 2.31. The predicted molar refractivity (Wildman–Crippen MR) is 71.0 cm³/mol. The number of halogens is 1. The van der Waals surface area contributed by atoms with Gasteiger partial charge in [0.1, 0.15) is 0 Å². The van der Waals surface area contributed by atoms with E-state index in [4.69, 9.17) is 0 Å². The number of rotatable bonds is 2. The Kier molecular flexibility index (Phi) is 3.67. The van der Waals surface area contributed by atoms with Gasteiger partial charge < -0.3 is 5.11 Å². The van der Waals surface area contributed by atoms with Crippen LogP contribution >= 0.6 is 15.9 Å². The van der Waals surface area contributed by atoms with Crippen molar-refractivity contribution in [1.29, 1.82) is 0 Å². The average Bonchev–Trinajstić information content (AvgIpc) is 2.29. The molecule has 1 aromatic carbocycles. The molecule has 2 atom stereocenters. The summed E-state index contributed by atoms with van der Waals surface area (Å²) in [6, 6.07) is 7.98. The molecule has 0 spiro atoms. The van der Waals surface area contributed by atoms with E-state index < -0.39 is 5.97 Å². The van der Waals surface area contributed by atoms with Gasteiger partial charge in [0.05, 0.1) is 5.92 Å². The van der Waals surface area contributed by atoms with Crippen molar-refractivity contribution in [2.45, 2.75) is 25.7 Å². The minimum atomic E-state index is -0.693. The fourth-order valence-corrected chi connectivity index (χ4v) is 2.66. The molecule has 3 heteroatoms. The second-order valence-corrected chi connectivity index (χ2v) is 5.51. The van der Waals surface area contributed by atoms with Gasteiger partial charge in [-0.1, -0.05) is 39.7 Å². The molecular formula is C14H15BrO2. The quantitative estimate of drug-likeness (QED) is 0.838. The second-order valence-electron chi connectivity index (χ2n) is 4.59. The standard InChI is InChI=1S/C14H15BrO2/c1-9-2-7-12(14(16)17)13(8-9)10-3-5-11(15)6-4-10/h2-6,12-13H,7-8H2,1H3,(H,16,17). The molecule has 90 valence electrons. The van der Waals surface area contributed by atoms with E-state index in [1.165, 1.54) is 5.57 Å². The summed E-state index contributed by atoms with van der Waals surface area (Å²) in [6.45, 7) is 2.07. The van der Waals surface area contributed by atoms with E-state index in [0.29, 0.717) is 6.42 Å². The van der Waals surface area contributed by atoms with Crippen LogP contribution in [0, 0.1) is 5.92 Å². The molecule has 0 fully saturated rings. The molecule has 0 amide bonds. The van der Waals surface area contributed by atoms with Crippen LogP contribution in [-0.2, 0) is 4.79 Å². The third-order valence-corrected chi connectivity index (χ3v) is 3.89. The number of hydrogen-bond donors (Lipinski definition) is 1. The Hall–Kier alpha value is -1.09. The van der Waals surface area contributed by atoms with E-state index in [-0.39, 0.29) is 11.8 Å². The van der Waals surface area contributed by atoms with E-state index in [2.05, 4.69) is 22.9 Å². The molecule has 0 aromatic heterocycles. The van der Waals surface area contributed by atoms with Crippen LogP contribution in [0.3, 0.4) is 0 Å². The third-order valence-electron chi connectivity index (χ3n) is 3.36. The first-order chi connectivity index (χ1) is 8.08. The van der Waals surface area contributed by atoms with Crippen LogP contribution < -0.4 is 0 Å². The summed E-state index contributed by atoms with van der Waals surface area (Å²) in [5.41, 5.74) is 2.41. The van der Waals surface area contributed by atoms with Crippen molar-refractivity contribution >= 4 is 21.9 Å². The van der Waals surface area contributed by atoms with Crippen LogP contribution in [0.2, 0.25) is 0 Å². The SMILES string of the molecule is CC1=CCC(C(=O)O)C(c2ccc(Br)cc2)C1. The fraction of sp³-hybridized carbons (Fsp3) is 0.357. The molecule has 1 aliphatic rings. The summed E-state index contributed by atoms with van der Waals surface area (Å²) in [6.07, 6.45) is 3.54. The van der Waals surface area contributed by atoms with Crippen molar-refractivity contribution in [3.63, 3.8) is 0 Å². The van der Waals surface area contributed by atoms with Gasteiger partial charge in [-0.2, -0.15) is 0 Å². The molecule has 0 radical (unpaired) electrons. The molecule has 0 bridgehead atoms. The van der Waals surface area contributed by atoms with Gasteiger partial charge in [0.2, 0.25) is 0 Å². The van der Waals surface area contributed by atoms with E-state index in [9.17, 15) is 9.90 Å². The van der Waals surface area contributed by atoms with Gasteiger partial charge in [-0.05, 0) is 37.5 Å². The Morgan fingerprint density at radius 3 is 2.59 bits per heavy atom. The van der Waals surface area contributed by atoms with Crippen LogP contribution in [0.15, 0.2) is 40.4 Å². The van der Waals surface area contributed by atoms with Gasteiger partial charge in [-0.15, -0.1) is 0 Å². The van der Waals surface area contributed by atoms with Crippen LogP contribution in [-0.4, -0.2) is 11.1 Å². The van der Waals surface area contributed by atoms with Gasteiger partial charge in [0.15, 0.2) is 0 Å². The lowest BCUT2D eigenvalue weighted by atomic mass is 9.76. The lowest BCUT2D eigenvalue weighted by molar-refractivity contribution is -0.142. The van der Waals surface area contributed by atoms with Crippen molar-refractivity contribution in [3.8, 4) is 0 Å². The zero-order valence-corrected chi connectivity index (χ0v) is 11.3. The van der Waals surface area contributed by atoms with Gasteiger partial charge >= 0.3 is 5.97 Å². The van der Waals surface area contributed by atoms with E-state index in [1.807, 2.05) is 30.3 Å². The van der Waals surface area contributed by atoms with Crippen molar-refractivity contribution in [2.24, 2.45) is 5.92 Å². The second kappa shape index (κ2) is 5.05. The smallest absolute Gasteiger partial charge is 0.307 e. The van der Waals surface area contributed by atoms with Gasteiger partial charge in [-0.3, -0.25) is 4.79 Å². The summed E-state index contributed by atoms with van der Waals surface area (Å²) >= 11 is 3.40. The Morgan fingerprint density at radius 1 is 1.35 bits per heavy atom. The number of carboxylic acids is 1. The summed E-state index contributed by atoms with van der Waals surface area (Å²) in [4.78, 5) is 11.3. The summed E-state index contributed by atoms with van der Waals surface area (Å²) < 4.78 is 1.02. The first-order valence-corrected chi connectivity index (χ1v) is 6.51. The zero-order valence-electron chi connectivity index (χ0n) is 9.69. The summed E-state index contributed by atoms with van der Waals surface area (Å²) in [5, 5.41) is 9.27. The van der Waals surface area contributed by atoms with Crippen molar-refractivity contribution < 1.29 is 9.90 Å². The largest absolute Gasteiger partial charge is 0.481 e. The number of hydrogen-bond acceptors (Lipinski definition) is 1. The Labute approximate surface area is 109 Å². The molecule has 0 heterocycles. The molecule has 2 nitrogen and oxygen atoms in total. The van der Waals surface area contributed by atoms with Gasteiger partial charge in [0.25, 0.3) is 0 Å². The summed E-state index contributed by atoms with van der Waals surface area (Å²) in [7, 11) is 0. The van der Waals surface area contributed by atoms with Crippen LogP contribution in [0.5, 0.6) is 0 Å². The van der Waals surface area contributed by atoms with Crippen molar-refractivity contribution in [2.75, 3.05) is 0 Å². The highest BCUT2D eigenvalue weighted by molar-refractivity contribution is 9.10. The molecule has 17 heavy (non-hydrogen) atoms. The van der Waals surface area contributed by atoms with Crippen LogP contribution in [0.1, 0.15) is 31.2 Å². The molecule has 0 saturated heterocycles. The summed E-state index contributed by atoms with van der Waals surface area (Å²) in [5.74, 6) is -0.882. The number of aliphatic carboxylic acids is 1. The lowest BCUT2D eigenvalue weighted by Gasteiger charge is -2.28. The van der Waals surface area contributed by atoms with Crippen LogP contribution in [0.4, 0.5) is 0 Å². The average molecular weight is 295 g/mol. The molecule has 0 aliphatic heterocycles. The Morgan fingerprint density at radius 2 is 2.00 bits per heavy atom. The van der Waals surface area contributed by atoms with E-state index >= 15 is 0 Å². The number of benzene rings is 1. The highest BCUT2D eigenvalue weighted by Crippen LogP contribution is 2.37. The molecule has 1 aliphatic carbocycles. The van der Waals surface area contributed by atoms with E-state index in [1.54, 1.807) is 0 Å². The van der Waals surface area contributed by atoms with Gasteiger partial charge in [0, 0.05) is 10.4 Å². The topological polar surface area (TPSA) is 37.3 Å². The number of carboxylic acid groups (broad SMARTS) is 1. The molecule has 2 rings (SSSR count). The maximum Gasteiger partial charge on any atom is 0.307 e. The number of carbonyl (C=O) groups is 1. The van der Waals surface area contributed by atoms with Crippen molar-refractivity contribution in [1.82, 2.24) is 0 Å². The molecular weight excluding hydrogens is 280 g/mol. The van der Waals surface area contributed by atoms with E-state index in [0.717, 1.165) is 16.5 Å². The molecule has 0 saturated carbocycles. The first-order valence-electron chi connectivity index (χ1n) is 5.72. The van der Waals surface area contributed by atoms with Crippen molar-refractivity contribution in [3.05, 3.63) is 46.0 Å². The Bertz CT molecular complexity index is 448. The maximum absolute atomic E-state index is 11.3. The molecule has 1 N–H and O–H groups in total. The predicted octanol–water partition coefficient (Wildman–Crippen LogP) is 3.97. The zero-order chi connectivity index (χ0) is 12.4. The monoisotopic (exact) mass is 294 g/mol. The number of allylic oxidation sites excluding steroid dienone is 2. The lowest BCUT2D eigenvalue weighted by Crippen LogP contribution is -2.24. The van der Waals surface area contributed by atoms with Gasteiger partial charge in [-0.25, -0.2) is 0 Å². The molecule has 2 unspecified atom stereocenters. The highest BCUT2D eigenvalue weighted by Gasteiger charge is 2.31. The van der Waals surface area contributed by atoms with Crippen LogP contribution in [0.25, 0.3) is 0 Å². The molecule has 1 aromatic rings. The third kappa shape index (κ3) is 2.78. The first kappa shape index (κ1) is 12.4. The minimum Gasteiger partial charge on any atom is -0.481 e. The fourth-order valence-electron chi connectivity index (χ4n) is 2.40. The maximum atomic E-state index is 11.3. The normalized spacial score (nSPS) is 24.2.